The molecule has 3 aliphatic carbocycles. The van der Waals surface area contributed by atoms with E-state index < -0.39 is 0 Å². The van der Waals surface area contributed by atoms with Crippen LogP contribution in [0.4, 0.5) is 0 Å². The predicted molar refractivity (Wildman–Crippen MR) is 257 cm³/mol. The summed E-state index contributed by atoms with van der Waals surface area (Å²) >= 11 is 0. The Kier molecular flexibility index (Phi) is 7.28. The highest BCUT2D eigenvalue weighted by Crippen LogP contribution is 2.62. The van der Waals surface area contributed by atoms with Gasteiger partial charge in [-0.1, -0.05) is 155 Å². The number of hydrogen-bond acceptors (Lipinski definition) is 2. The fourth-order valence-corrected chi connectivity index (χ4v) is 11.5. The summed E-state index contributed by atoms with van der Waals surface area (Å²) in [5, 5.41) is 4.72. The second-order valence-corrected chi connectivity index (χ2v) is 18.8. The lowest BCUT2D eigenvalue weighted by molar-refractivity contribution is 0.570. The summed E-state index contributed by atoms with van der Waals surface area (Å²) in [6.45, 7) is 9.85. The van der Waals surface area contributed by atoms with Crippen LogP contribution in [0.15, 0.2) is 173 Å². The Morgan fingerprint density at radius 3 is 1.94 bits per heavy atom. The Labute approximate surface area is 361 Å². The molecule has 8 aromatic carbocycles. The maximum absolute atomic E-state index is 6.26. The van der Waals surface area contributed by atoms with Crippen LogP contribution in [0.2, 0.25) is 0 Å². The average molecular weight is 797 g/mol. The molecule has 0 radical (unpaired) electrons. The lowest BCUT2D eigenvalue weighted by atomic mass is 9.71. The Bertz CT molecular complexity index is 3670. The van der Waals surface area contributed by atoms with Crippen molar-refractivity contribution in [1.29, 1.82) is 0 Å². The van der Waals surface area contributed by atoms with Gasteiger partial charge < -0.3 is 8.83 Å². The van der Waals surface area contributed by atoms with Crippen LogP contribution in [0.25, 0.3) is 101 Å². The first-order valence-electron chi connectivity index (χ1n) is 22.0. The summed E-state index contributed by atoms with van der Waals surface area (Å²) in [4.78, 5) is 0. The molecule has 2 heterocycles. The molecule has 2 heteroatoms. The van der Waals surface area contributed by atoms with Crippen molar-refractivity contribution >= 4 is 45.1 Å². The van der Waals surface area contributed by atoms with Gasteiger partial charge in [0.1, 0.15) is 22.2 Å². The van der Waals surface area contributed by atoms with Crippen LogP contribution in [0.1, 0.15) is 67.9 Å². The molecule has 0 aliphatic heterocycles. The van der Waals surface area contributed by atoms with Gasteiger partial charge in [-0.2, -0.15) is 0 Å². The maximum atomic E-state index is 6.26. The molecule has 0 saturated carbocycles. The highest BCUT2D eigenvalue weighted by molar-refractivity contribution is 6.07. The molecule has 2 nitrogen and oxygen atoms in total. The van der Waals surface area contributed by atoms with Gasteiger partial charge in [0.15, 0.2) is 0 Å². The largest absolute Gasteiger partial charge is 0.456 e. The van der Waals surface area contributed by atoms with E-state index in [9.17, 15) is 0 Å². The molecule has 1 unspecified atom stereocenters. The van der Waals surface area contributed by atoms with Crippen LogP contribution in [0.5, 0.6) is 0 Å². The van der Waals surface area contributed by atoms with Crippen molar-refractivity contribution in [2.45, 2.75) is 50.9 Å². The standard InChI is InChI=1S/C60H44O2/c1-59(2)50-32-39(37-23-27-54-47(30-37)43-17-8-10-19-52(43)61-54)21-25-42(50)49-34-46(41-16-12-15-36(29-41)35-13-6-5-7-14-35)56-45-26-22-40(33-51(45)60(3,4)58(56)57(49)59)38-24-28-55-48(31-38)44-18-9-11-20-53(44)62-55/h5-22,24-34,37H,23H2,1-4H3. The average Bonchev–Trinajstić information content (AvgIpc) is 4.00. The van der Waals surface area contributed by atoms with Gasteiger partial charge >= 0.3 is 0 Å². The molecule has 2 aromatic heterocycles. The molecular weight excluding hydrogens is 753 g/mol. The van der Waals surface area contributed by atoms with Gasteiger partial charge in [-0.05, 0) is 138 Å². The molecule has 1 atom stereocenters. The van der Waals surface area contributed by atoms with E-state index in [4.69, 9.17) is 8.83 Å². The fraction of sp³-hybridized carbons (Fsp3) is 0.133. The van der Waals surface area contributed by atoms with Crippen molar-refractivity contribution in [2.24, 2.45) is 0 Å². The molecule has 0 saturated heterocycles. The molecule has 0 amide bonds. The van der Waals surface area contributed by atoms with Crippen LogP contribution >= 0.6 is 0 Å². The number of para-hydroxylation sites is 2. The first kappa shape index (κ1) is 35.6. The highest BCUT2D eigenvalue weighted by Gasteiger charge is 2.47. The van der Waals surface area contributed by atoms with Gasteiger partial charge in [0, 0.05) is 38.1 Å². The summed E-state index contributed by atoms with van der Waals surface area (Å²) in [5.74, 6) is 0.272. The Balaban J connectivity index is 1.00. The Morgan fingerprint density at radius 1 is 0.435 bits per heavy atom. The molecular formula is C60H44O2. The summed E-state index contributed by atoms with van der Waals surface area (Å²) in [6.07, 6.45) is 5.65. The van der Waals surface area contributed by atoms with Crippen molar-refractivity contribution in [3.8, 4) is 55.6 Å². The minimum Gasteiger partial charge on any atom is -0.456 e. The lowest BCUT2D eigenvalue weighted by Gasteiger charge is -2.32. The number of furan rings is 2. The van der Waals surface area contributed by atoms with E-state index in [1.807, 2.05) is 6.07 Å². The zero-order chi connectivity index (χ0) is 41.5. The summed E-state index contributed by atoms with van der Waals surface area (Å²) in [6, 6.07) is 60.5. The number of rotatable bonds is 4. The maximum Gasteiger partial charge on any atom is 0.135 e. The van der Waals surface area contributed by atoms with Crippen molar-refractivity contribution in [3.05, 3.63) is 202 Å². The smallest absolute Gasteiger partial charge is 0.135 e. The van der Waals surface area contributed by atoms with Crippen LogP contribution in [0.3, 0.4) is 0 Å². The van der Waals surface area contributed by atoms with E-state index in [0.29, 0.717) is 0 Å². The van der Waals surface area contributed by atoms with Crippen LogP contribution in [0, 0.1) is 0 Å². The Hall–Kier alpha value is -7.16. The second kappa shape index (κ2) is 12.7. The van der Waals surface area contributed by atoms with Gasteiger partial charge in [0.25, 0.3) is 0 Å². The first-order valence-corrected chi connectivity index (χ1v) is 22.0. The van der Waals surface area contributed by atoms with Crippen molar-refractivity contribution in [2.75, 3.05) is 0 Å². The minimum atomic E-state index is -0.267. The Morgan fingerprint density at radius 2 is 1.08 bits per heavy atom. The number of hydrogen-bond donors (Lipinski definition) is 0. The van der Waals surface area contributed by atoms with Gasteiger partial charge in [0.2, 0.25) is 0 Å². The third-order valence-electron chi connectivity index (χ3n) is 14.6. The van der Waals surface area contributed by atoms with E-state index in [1.165, 1.54) is 94.1 Å². The SMILES string of the molecule is CC1(C)c2cc(C3C=c4c(oc5ccccc45)=CC3)ccc2-c2cc(-c3cccc(-c4ccccc4)c3)c3c(c21)C(C)(C)c1cc(-c2ccc4oc5ccccc5c4c2)ccc1-3. The van der Waals surface area contributed by atoms with Crippen molar-refractivity contribution < 1.29 is 8.83 Å². The number of fused-ring (bicyclic) bond motifs is 13. The van der Waals surface area contributed by atoms with Gasteiger partial charge in [-0.25, -0.2) is 0 Å². The molecule has 0 N–H and O–H groups in total. The molecule has 0 bridgehead atoms. The highest BCUT2D eigenvalue weighted by atomic mass is 16.3. The molecule has 3 aliphatic rings. The lowest BCUT2D eigenvalue weighted by Crippen LogP contribution is -2.25. The molecule has 0 fully saturated rings. The number of benzene rings is 8. The topological polar surface area (TPSA) is 26.3 Å². The summed E-state index contributed by atoms with van der Waals surface area (Å²) in [5.41, 5.74) is 23.2. The van der Waals surface area contributed by atoms with E-state index >= 15 is 0 Å². The van der Waals surface area contributed by atoms with Crippen LogP contribution in [-0.4, -0.2) is 0 Å². The van der Waals surface area contributed by atoms with Gasteiger partial charge in [0.05, 0.1) is 0 Å². The zero-order valence-electron chi connectivity index (χ0n) is 35.3. The van der Waals surface area contributed by atoms with Crippen molar-refractivity contribution in [3.63, 3.8) is 0 Å². The summed E-state index contributed by atoms with van der Waals surface area (Å²) < 4.78 is 12.5. The second-order valence-electron chi connectivity index (χ2n) is 18.8. The van der Waals surface area contributed by atoms with E-state index in [2.05, 4.69) is 198 Å². The van der Waals surface area contributed by atoms with Gasteiger partial charge in [-0.3, -0.25) is 0 Å². The third kappa shape index (κ3) is 4.98. The van der Waals surface area contributed by atoms with Crippen LogP contribution in [-0.2, 0) is 10.8 Å². The van der Waals surface area contributed by atoms with E-state index in [0.717, 1.165) is 39.4 Å². The van der Waals surface area contributed by atoms with Gasteiger partial charge in [-0.15, -0.1) is 0 Å². The molecule has 10 aromatic rings. The normalized spacial score (nSPS) is 16.4. The van der Waals surface area contributed by atoms with Crippen LogP contribution < -0.4 is 10.6 Å². The first-order chi connectivity index (χ1) is 30.2. The fourth-order valence-electron chi connectivity index (χ4n) is 11.5. The zero-order valence-corrected chi connectivity index (χ0v) is 35.3. The molecule has 13 rings (SSSR count). The van der Waals surface area contributed by atoms with E-state index in [-0.39, 0.29) is 16.7 Å². The minimum absolute atomic E-state index is 0.226. The monoisotopic (exact) mass is 796 g/mol. The molecule has 62 heavy (non-hydrogen) atoms. The molecule has 296 valence electrons. The van der Waals surface area contributed by atoms with E-state index in [1.54, 1.807) is 0 Å². The third-order valence-corrected chi connectivity index (χ3v) is 14.6. The predicted octanol–water partition coefficient (Wildman–Crippen LogP) is 14.7. The molecule has 0 spiro atoms. The van der Waals surface area contributed by atoms with Crippen molar-refractivity contribution in [1.82, 2.24) is 0 Å². The summed E-state index contributed by atoms with van der Waals surface area (Å²) in [7, 11) is 0. The quantitative estimate of drug-likeness (QED) is 0.177.